The number of carbonyl (C=O) groups excluding carboxylic acids is 1. The van der Waals surface area contributed by atoms with Gasteiger partial charge in [-0.2, -0.15) is 0 Å². The number of hydrogen-bond acceptors (Lipinski definition) is 5. The number of nitrogens with one attached hydrogen (secondary N) is 1. The number of aromatic nitrogens is 2. The summed E-state index contributed by atoms with van der Waals surface area (Å²) in [4.78, 5) is 24.4. The molecule has 0 saturated carbocycles. The van der Waals surface area contributed by atoms with Crippen LogP contribution < -0.4 is 9.64 Å². The fraction of sp³-hybridized carbons (Fsp3) is 0.353. The number of nitrogens with zero attached hydrogens (tertiary/aromatic N) is 3. The molecule has 41 heavy (non-hydrogen) atoms. The van der Waals surface area contributed by atoms with Crippen LogP contribution in [0.1, 0.15) is 56.0 Å². The van der Waals surface area contributed by atoms with Gasteiger partial charge in [0.1, 0.15) is 17.1 Å². The van der Waals surface area contributed by atoms with E-state index in [1.807, 2.05) is 48.7 Å². The van der Waals surface area contributed by atoms with Gasteiger partial charge in [-0.05, 0) is 79.1 Å². The smallest absolute Gasteiger partial charge is 0.153 e. The van der Waals surface area contributed by atoms with Crippen molar-refractivity contribution in [3.63, 3.8) is 0 Å². The number of benzene rings is 2. The molecule has 2 aromatic heterocycles. The summed E-state index contributed by atoms with van der Waals surface area (Å²) >= 11 is 6.19. The third kappa shape index (κ3) is 6.04. The Labute approximate surface area is 247 Å². The van der Waals surface area contributed by atoms with Crippen molar-refractivity contribution in [3.05, 3.63) is 88.7 Å². The molecule has 212 valence electrons. The third-order valence-electron chi connectivity index (χ3n) is 8.55. The van der Waals surface area contributed by atoms with E-state index in [4.69, 9.17) is 16.3 Å². The average Bonchev–Trinajstić information content (AvgIpc) is 3.42. The van der Waals surface area contributed by atoms with E-state index in [1.54, 1.807) is 11.8 Å². The second-order valence-electron chi connectivity index (χ2n) is 12.2. The fourth-order valence-electron chi connectivity index (χ4n) is 6.38. The molecule has 0 spiro atoms. The number of aromatic amines is 1. The number of ether oxygens (including phenoxy) is 1. The molecule has 4 aromatic rings. The summed E-state index contributed by atoms with van der Waals surface area (Å²) in [7, 11) is 0. The van der Waals surface area contributed by atoms with Crippen molar-refractivity contribution in [2.45, 2.75) is 46.1 Å². The van der Waals surface area contributed by atoms with Gasteiger partial charge in [0.15, 0.2) is 6.29 Å². The van der Waals surface area contributed by atoms with Gasteiger partial charge < -0.3 is 14.6 Å². The lowest BCUT2D eigenvalue weighted by Crippen LogP contribution is -2.52. The predicted octanol–water partition coefficient (Wildman–Crippen LogP) is 8.00. The standard InChI is InChI=1S/C34H37ClN4O2/c1-23-20-38(21-27-18-34(2,3)12-10-31(27)24-4-7-28(35)8-5-24)14-15-39(23)29-9-6-26(22-40)32(17-29)41-30-16-25-11-13-36-33(25)37-19-30/h4-9,11,13,16-17,19,22-23H,10,12,14-15,18,20-21H2,1-3H3,(H,36,37). The average molecular weight is 569 g/mol. The number of anilines is 1. The fourth-order valence-corrected chi connectivity index (χ4v) is 6.51. The summed E-state index contributed by atoms with van der Waals surface area (Å²) in [6.07, 6.45) is 7.81. The van der Waals surface area contributed by atoms with Crippen molar-refractivity contribution < 1.29 is 9.53 Å². The molecule has 2 aromatic carbocycles. The Kier molecular flexibility index (Phi) is 7.62. The number of carbonyl (C=O) groups is 1. The van der Waals surface area contributed by atoms with E-state index >= 15 is 0 Å². The summed E-state index contributed by atoms with van der Waals surface area (Å²) in [5.74, 6) is 1.15. The van der Waals surface area contributed by atoms with E-state index in [-0.39, 0.29) is 0 Å². The lowest BCUT2D eigenvalue weighted by Gasteiger charge is -2.43. The molecule has 1 atom stereocenters. The minimum Gasteiger partial charge on any atom is -0.455 e. The van der Waals surface area contributed by atoms with Gasteiger partial charge >= 0.3 is 0 Å². The number of fused-ring (bicyclic) bond motifs is 1. The van der Waals surface area contributed by atoms with E-state index in [0.717, 1.165) is 67.1 Å². The van der Waals surface area contributed by atoms with Gasteiger partial charge in [0.25, 0.3) is 0 Å². The van der Waals surface area contributed by atoms with Gasteiger partial charge in [0, 0.05) is 60.6 Å². The number of aldehydes is 1. The van der Waals surface area contributed by atoms with Crippen LogP contribution in [0.2, 0.25) is 5.02 Å². The monoisotopic (exact) mass is 568 g/mol. The number of halogens is 1. The number of pyridine rings is 1. The first-order valence-electron chi connectivity index (χ1n) is 14.4. The molecule has 1 N–H and O–H groups in total. The van der Waals surface area contributed by atoms with Crippen LogP contribution in [-0.4, -0.2) is 53.4 Å². The second-order valence-corrected chi connectivity index (χ2v) is 12.7. The molecule has 0 radical (unpaired) electrons. The lowest BCUT2D eigenvalue weighted by atomic mass is 9.72. The predicted molar refractivity (Wildman–Crippen MR) is 167 cm³/mol. The zero-order valence-corrected chi connectivity index (χ0v) is 24.7. The van der Waals surface area contributed by atoms with Gasteiger partial charge in [-0.15, -0.1) is 0 Å². The van der Waals surface area contributed by atoms with Crippen LogP contribution >= 0.6 is 11.6 Å². The maximum atomic E-state index is 11.8. The molecule has 0 bridgehead atoms. The SMILES string of the molecule is CC1CN(CC2=C(c3ccc(Cl)cc3)CCC(C)(C)C2)CCN1c1ccc(C=O)c(Oc2cnc3[nH]ccc3c2)c1. The lowest BCUT2D eigenvalue weighted by molar-refractivity contribution is 0.112. The number of rotatable bonds is 7. The summed E-state index contributed by atoms with van der Waals surface area (Å²) < 4.78 is 6.19. The Hall–Kier alpha value is -3.61. The first-order chi connectivity index (χ1) is 19.8. The largest absolute Gasteiger partial charge is 0.455 e. The first kappa shape index (κ1) is 27.6. The normalized spacial score (nSPS) is 19.5. The van der Waals surface area contributed by atoms with Crippen LogP contribution in [0.4, 0.5) is 5.69 Å². The molecule has 7 heteroatoms. The van der Waals surface area contributed by atoms with E-state index in [2.05, 4.69) is 52.7 Å². The highest BCUT2D eigenvalue weighted by Crippen LogP contribution is 2.43. The van der Waals surface area contributed by atoms with Crippen LogP contribution in [-0.2, 0) is 0 Å². The molecule has 1 saturated heterocycles. The highest BCUT2D eigenvalue weighted by Gasteiger charge is 2.31. The molecule has 1 unspecified atom stereocenters. The quantitative estimate of drug-likeness (QED) is 0.229. The molecular formula is C34H37ClN4O2. The van der Waals surface area contributed by atoms with Crippen LogP contribution in [0.25, 0.3) is 16.6 Å². The molecule has 1 aliphatic heterocycles. The minimum absolute atomic E-state index is 0.313. The number of hydrogen-bond donors (Lipinski definition) is 1. The zero-order chi connectivity index (χ0) is 28.6. The Balaban J connectivity index is 1.19. The molecule has 6 nitrogen and oxygen atoms in total. The van der Waals surface area contributed by atoms with Crippen LogP contribution in [0, 0.1) is 5.41 Å². The molecule has 3 heterocycles. The maximum absolute atomic E-state index is 11.8. The Morgan fingerprint density at radius 3 is 2.73 bits per heavy atom. The number of allylic oxidation sites excluding steroid dienone is 1. The number of piperazine rings is 1. The van der Waals surface area contributed by atoms with Crippen molar-refractivity contribution in [2.24, 2.45) is 5.41 Å². The minimum atomic E-state index is 0.313. The molecule has 0 amide bonds. The van der Waals surface area contributed by atoms with Crippen LogP contribution in [0.5, 0.6) is 11.5 Å². The van der Waals surface area contributed by atoms with E-state index in [1.165, 1.54) is 17.6 Å². The van der Waals surface area contributed by atoms with E-state index < -0.39 is 0 Å². The van der Waals surface area contributed by atoms with Gasteiger partial charge in [-0.1, -0.05) is 43.2 Å². The molecule has 1 fully saturated rings. The van der Waals surface area contributed by atoms with Crippen molar-refractivity contribution in [1.29, 1.82) is 0 Å². The van der Waals surface area contributed by atoms with Gasteiger partial charge in [0.2, 0.25) is 0 Å². The summed E-state index contributed by atoms with van der Waals surface area (Å²) in [5.41, 5.74) is 7.07. The second kappa shape index (κ2) is 11.3. The Morgan fingerprint density at radius 1 is 1.12 bits per heavy atom. The number of H-pyrrole nitrogens is 1. The molecule has 6 rings (SSSR count). The van der Waals surface area contributed by atoms with Gasteiger partial charge in [-0.3, -0.25) is 9.69 Å². The molecule has 2 aliphatic rings. The Morgan fingerprint density at radius 2 is 1.95 bits per heavy atom. The van der Waals surface area contributed by atoms with Gasteiger partial charge in [-0.25, -0.2) is 4.98 Å². The first-order valence-corrected chi connectivity index (χ1v) is 14.8. The highest BCUT2D eigenvalue weighted by molar-refractivity contribution is 6.30. The maximum Gasteiger partial charge on any atom is 0.153 e. The van der Waals surface area contributed by atoms with E-state index in [0.29, 0.717) is 28.5 Å². The molecule has 1 aliphatic carbocycles. The van der Waals surface area contributed by atoms with Crippen LogP contribution in [0.15, 0.2) is 72.6 Å². The third-order valence-corrected chi connectivity index (χ3v) is 8.80. The van der Waals surface area contributed by atoms with Crippen molar-refractivity contribution in [2.75, 3.05) is 31.1 Å². The van der Waals surface area contributed by atoms with E-state index in [9.17, 15) is 4.79 Å². The van der Waals surface area contributed by atoms with Crippen LogP contribution in [0.3, 0.4) is 0 Å². The summed E-state index contributed by atoms with van der Waals surface area (Å²) in [6, 6.07) is 18.4. The topological polar surface area (TPSA) is 61.5 Å². The van der Waals surface area contributed by atoms with Crippen molar-refractivity contribution >= 4 is 40.2 Å². The summed E-state index contributed by atoms with van der Waals surface area (Å²) in [6.45, 7) is 10.9. The van der Waals surface area contributed by atoms with Crippen molar-refractivity contribution in [1.82, 2.24) is 14.9 Å². The molecular weight excluding hydrogens is 532 g/mol. The van der Waals surface area contributed by atoms with Gasteiger partial charge in [0.05, 0.1) is 11.8 Å². The Bertz CT molecular complexity index is 1590. The summed E-state index contributed by atoms with van der Waals surface area (Å²) in [5, 5.41) is 1.75. The highest BCUT2D eigenvalue weighted by atomic mass is 35.5. The van der Waals surface area contributed by atoms with Crippen molar-refractivity contribution in [3.8, 4) is 11.5 Å². The zero-order valence-electron chi connectivity index (χ0n) is 24.0.